The van der Waals surface area contributed by atoms with Gasteiger partial charge in [0.05, 0.1) is 22.0 Å². The van der Waals surface area contributed by atoms with Gasteiger partial charge in [-0.2, -0.15) is 4.98 Å². The highest BCUT2D eigenvalue weighted by atomic mass is 35.5. The maximum atomic E-state index is 14.1. The molecule has 39 heavy (non-hydrogen) atoms. The fourth-order valence-corrected chi connectivity index (χ4v) is 5.71. The number of pyridine rings is 1. The fraction of sp³-hybridized carbons (Fsp3) is 0.0968. The van der Waals surface area contributed by atoms with Gasteiger partial charge in [-0.1, -0.05) is 59.6 Å². The molecule has 0 bridgehead atoms. The Kier molecular flexibility index (Phi) is 5.61. The summed E-state index contributed by atoms with van der Waals surface area (Å²) in [6, 6.07) is 22.1. The van der Waals surface area contributed by atoms with Gasteiger partial charge in [-0.05, 0) is 84.0 Å². The highest BCUT2D eigenvalue weighted by Gasteiger charge is 2.26. The van der Waals surface area contributed by atoms with Crippen LogP contribution in [0.4, 0.5) is 0 Å². The van der Waals surface area contributed by atoms with Crippen molar-refractivity contribution in [2.75, 3.05) is 0 Å². The standard InChI is InChI=1S/C31H20Cl2N4O2/c32-20-12-8-17(9-13-20)16-19-4-3-6-23-25(18-10-14-21(33)15-11-18)26-28(35-27(19)23)36-31-34-24-7-2-1-5-22(24)29(38)37(31)30(26)39/h1-2,5,7-16H,3-4,6H2,(H,34,35,36)/b19-16+. The van der Waals surface area contributed by atoms with Crippen LogP contribution in [0.5, 0.6) is 0 Å². The molecule has 1 N–H and O–H groups in total. The van der Waals surface area contributed by atoms with Gasteiger partial charge in [0.1, 0.15) is 0 Å². The van der Waals surface area contributed by atoms with E-state index in [2.05, 4.69) is 11.1 Å². The van der Waals surface area contributed by atoms with E-state index in [4.69, 9.17) is 33.2 Å². The van der Waals surface area contributed by atoms with Gasteiger partial charge < -0.3 is 4.98 Å². The number of hydrogen-bond donors (Lipinski definition) is 1. The Morgan fingerprint density at radius 1 is 0.821 bits per heavy atom. The molecule has 0 atom stereocenters. The molecule has 190 valence electrons. The quantitative estimate of drug-likeness (QED) is 0.237. The molecule has 1 aliphatic rings. The zero-order chi connectivity index (χ0) is 26.7. The van der Waals surface area contributed by atoms with Crippen LogP contribution in [0.1, 0.15) is 29.7 Å². The van der Waals surface area contributed by atoms with Gasteiger partial charge in [-0.3, -0.25) is 9.59 Å². The molecule has 0 unspecified atom stereocenters. The van der Waals surface area contributed by atoms with Crippen LogP contribution in [0.2, 0.25) is 10.0 Å². The maximum absolute atomic E-state index is 14.1. The topological polar surface area (TPSA) is 80.1 Å². The largest absolute Gasteiger partial charge is 0.324 e. The van der Waals surface area contributed by atoms with Crippen molar-refractivity contribution in [1.29, 1.82) is 0 Å². The first-order valence-corrected chi connectivity index (χ1v) is 13.4. The van der Waals surface area contributed by atoms with Crippen LogP contribution in [0.25, 0.3) is 50.5 Å². The van der Waals surface area contributed by atoms with Crippen LogP contribution in [0.3, 0.4) is 0 Å². The Hall–Kier alpha value is -4.26. The average molecular weight is 551 g/mol. The number of nitrogens with one attached hydrogen (secondary N) is 1. The van der Waals surface area contributed by atoms with E-state index < -0.39 is 11.1 Å². The number of hydrogen-bond acceptors (Lipinski definition) is 4. The fourth-order valence-electron chi connectivity index (χ4n) is 5.46. The Bertz CT molecular complexity index is 2090. The molecule has 3 aromatic carbocycles. The summed E-state index contributed by atoms with van der Waals surface area (Å²) >= 11 is 12.3. The Morgan fingerprint density at radius 3 is 2.31 bits per heavy atom. The SMILES string of the molecule is O=c1c2ccccc2[nH]c2nc3nc4c(c(-c5ccc(Cl)cc5)c3c(=O)n12)CCC/C4=C\c1ccc(Cl)cc1. The van der Waals surface area contributed by atoms with Gasteiger partial charge in [0, 0.05) is 15.6 Å². The van der Waals surface area contributed by atoms with Crippen molar-refractivity contribution in [1.82, 2.24) is 19.4 Å². The van der Waals surface area contributed by atoms with Crippen LogP contribution >= 0.6 is 23.2 Å². The van der Waals surface area contributed by atoms with Gasteiger partial charge in [0.25, 0.3) is 11.1 Å². The first-order chi connectivity index (χ1) is 19.0. The van der Waals surface area contributed by atoms with Crippen molar-refractivity contribution in [3.8, 4) is 11.1 Å². The van der Waals surface area contributed by atoms with Crippen molar-refractivity contribution in [2.24, 2.45) is 0 Å². The highest BCUT2D eigenvalue weighted by Crippen LogP contribution is 2.40. The maximum Gasteiger partial charge on any atom is 0.272 e. The van der Waals surface area contributed by atoms with Crippen molar-refractivity contribution in [3.05, 3.63) is 120 Å². The average Bonchev–Trinajstić information content (AvgIpc) is 2.94. The second-order valence-corrected chi connectivity index (χ2v) is 10.5. The van der Waals surface area contributed by atoms with Crippen LogP contribution in [-0.2, 0) is 6.42 Å². The molecule has 8 heteroatoms. The smallest absolute Gasteiger partial charge is 0.272 e. The van der Waals surface area contributed by atoms with Crippen LogP contribution in [0.15, 0.2) is 82.4 Å². The molecule has 0 saturated carbocycles. The number of fused-ring (bicyclic) bond motifs is 4. The molecular formula is C31H20Cl2N4O2. The molecule has 0 aliphatic heterocycles. The third kappa shape index (κ3) is 3.95. The van der Waals surface area contributed by atoms with Gasteiger partial charge in [0.2, 0.25) is 5.78 Å². The lowest BCUT2D eigenvalue weighted by Gasteiger charge is -2.23. The Morgan fingerprint density at radius 2 is 1.54 bits per heavy atom. The summed E-state index contributed by atoms with van der Waals surface area (Å²) in [6.45, 7) is 0. The van der Waals surface area contributed by atoms with Crippen molar-refractivity contribution < 1.29 is 0 Å². The molecule has 7 rings (SSSR count). The number of aromatic nitrogens is 4. The summed E-state index contributed by atoms with van der Waals surface area (Å²) in [5, 5.41) is 2.01. The third-order valence-corrected chi connectivity index (χ3v) is 7.75. The predicted molar refractivity (Wildman–Crippen MR) is 158 cm³/mol. The van der Waals surface area contributed by atoms with Crippen LogP contribution in [0, 0.1) is 0 Å². The van der Waals surface area contributed by atoms with Gasteiger partial charge in [-0.25, -0.2) is 9.38 Å². The van der Waals surface area contributed by atoms with Gasteiger partial charge >= 0.3 is 0 Å². The third-order valence-electron chi connectivity index (χ3n) is 7.25. The van der Waals surface area contributed by atoms with E-state index >= 15 is 0 Å². The number of allylic oxidation sites excluding steroid dienone is 1. The van der Waals surface area contributed by atoms with E-state index in [1.807, 2.05) is 42.5 Å². The minimum Gasteiger partial charge on any atom is -0.324 e. The molecule has 0 fully saturated rings. The lowest BCUT2D eigenvalue weighted by atomic mass is 9.84. The van der Waals surface area contributed by atoms with Crippen molar-refractivity contribution in [2.45, 2.75) is 19.3 Å². The summed E-state index contributed by atoms with van der Waals surface area (Å²) in [6.07, 6.45) is 4.59. The number of para-hydroxylation sites is 1. The summed E-state index contributed by atoms with van der Waals surface area (Å²) in [5.41, 5.74) is 5.45. The molecule has 1 aliphatic carbocycles. The Balaban J connectivity index is 1.61. The zero-order valence-corrected chi connectivity index (χ0v) is 22.1. The van der Waals surface area contributed by atoms with Crippen LogP contribution < -0.4 is 11.1 Å². The number of rotatable bonds is 2. The molecule has 6 aromatic rings. The lowest BCUT2D eigenvalue weighted by Crippen LogP contribution is -2.29. The van der Waals surface area contributed by atoms with Crippen LogP contribution in [-0.4, -0.2) is 19.4 Å². The minimum absolute atomic E-state index is 0.157. The Labute approximate surface area is 232 Å². The van der Waals surface area contributed by atoms with E-state index in [0.717, 1.165) is 57.2 Å². The molecule has 3 heterocycles. The molecular weight excluding hydrogens is 531 g/mol. The zero-order valence-electron chi connectivity index (χ0n) is 20.5. The number of benzene rings is 3. The molecule has 0 radical (unpaired) electrons. The molecule has 0 amide bonds. The second kappa shape index (κ2) is 9.19. The summed E-state index contributed by atoms with van der Waals surface area (Å²) < 4.78 is 1.12. The first kappa shape index (κ1) is 23.8. The van der Waals surface area contributed by atoms with E-state index in [-0.39, 0.29) is 5.78 Å². The summed E-state index contributed by atoms with van der Waals surface area (Å²) in [5.74, 6) is 0.157. The monoisotopic (exact) mass is 550 g/mol. The summed E-state index contributed by atoms with van der Waals surface area (Å²) in [4.78, 5) is 40.4. The second-order valence-electron chi connectivity index (χ2n) is 9.65. The van der Waals surface area contributed by atoms with Crippen molar-refractivity contribution >= 4 is 62.6 Å². The number of aromatic amines is 1. The van der Waals surface area contributed by atoms with Gasteiger partial charge in [-0.15, -0.1) is 0 Å². The normalized spacial score (nSPS) is 14.4. The van der Waals surface area contributed by atoms with E-state index in [9.17, 15) is 9.59 Å². The number of halogens is 2. The van der Waals surface area contributed by atoms with Crippen molar-refractivity contribution in [3.63, 3.8) is 0 Å². The lowest BCUT2D eigenvalue weighted by molar-refractivity contribution is 0.814. The minimum atomic E-state index is -0.448. The van der Waals surface area contributed by atoms with E-state index in [0.29, 0.717) is 32.0 Å². The molecule has 0 spiro atoms. The van der Waals surface area contributed by atoms with Gasteiger partial charge in [0.15, 0.2) is 5.65 Å². The summed E-state index contributed by atoms with van der Waals surface area (Å²) in [7, 11) is 0. The number of H-pyrrole nitrogens is 1. The molecule has 6 nitrogen and oxygen atoms in total. The van der Waals surface area contributed by atoms with E-state index in [1.54, 1.807) is 30.3 Å². The van der Waals surface area contributed by atoms with E-state index in [1.165, 1.54) is 0 Å². The highest BCUT2D eigenvalue weighted by molar-refractivity contribution is 6.31. The predicted octanol–water partition coefficient (Wildman–Crippen LogP) is 6.93. The molecule has 3 aromatic heterocycles. The number of nitrogens with zero attached hydrogens (tertiary/aromatic N) is 3. The first-order valence-electron chi connectivity index (χ1n) is 12.6. The molecule has 0 saturated heterocycles.